The van der Waals surface area contributed by atoms with E-state index in [1.165, 1.54) is 0 Å². The van der Waals surface area contributed by atoms with Gasteiger partial charge in [0, 0.05) is 13.0 Å². The number of aromatic nitrogens is 2. The predicted molar refractivity (Wildman–Crippen MR) is 69.3 cm³/mol. The van der Waals surface area contributed by atoms with Gasteiger partial charge in [-0.2, -0.15) is 18.4 Å². The molecule has 0 saturated carbocycles. The summed E-state index contributed by atoms with van der Waals surface area (Å²) in [6, 6.07) is 7.04. The SMILES string of the molecule is N#Cc1cccc2c1nc(CCl)n2CCCC(F)(F)F. The molecule has 0 spiro atoms. The second kappa shape index (κ2) is 5.71. The van der Waals surface area contributed by atoms with Crippen LogP contribution in [0.3, 0.4) is 0 Å². The Labute approximate surface area is 118 Å². The van der Waals surface area contributed by atoms with Crippen molar-refractivity contribution in [3.63, 3.8) is 0 Å². The van der Waals surface area contributed by atoms with Crippen molar-refractivity contribution in [1.82, 2.24) is 9.55 Å². The molecule has 1 heterocycles. The maximum Gasteiger partial charge on any atom is 0.389 e. The Kier molecular flexibility index (Phi) is 4.19. The molecule has 0 fully saturated rings. The van der Waals surface area contributed by atoms with E-state index in [2.05, 4.69) is 4.98 Å². The van der Waals surface area contributed by atoms with Crippen molar-refractivity contribution in [3.8, 4) is 6.07 Å². The number of aryl methyl sites for hydroxylation is 1. The highest BCUT2D eigenvalue weighted by atomic mass is 35.5. The maximum absolute atomic E-state index is 12.2. The third-order valence-electron chi connectivity index (χ3n) is 2.94. The third kappa shape index (κ3) is 3.05. The number of nitriles is 1. The average molecular weight is 302 g/mol. The molecule has 0 saturated heterocycles. The van der Waals surface area contributed by atoms with E-state index in [9.17, 15) is 13.2 Å². The van der Waals surface area contributed by atoms with E-state index >= 15 is 0 Å². The standard InChI is InChI=1S/C13H11ClF3N3/c14-7-11-19-12-9(8-18)3-1-4-10(12)20(11)6-2-5-13(15,16)17/h1,3-4H,2,5-7H2. The molecule has 106 valence electrons. The van der Waals surface area contributed by atoms with Crippen molar-refractivity contribution >= 4 is 22.6 Å². The summed E-state index contributed by atoms with van der Waals surface area (Å²) < 4.78 is 38.3. The zero-order chi connectivity index (χ0) is 14.8. The van der Waals surface area contributed by atoms with Crippen LogP contribution in [0.2, 0.25) is 0 Å². The molecule has 0 amide bonds. The first kappa shape index (κ1) is 14.7. The van der Waals surface area contributed by atoms with Crippen LogP contribution in [-0.4, -0.2) is 15.7 Å². The molecular formula is C13H11ClF3N3. The molecule has 2 aromatic rings. The third-order valence-corrected chi connectivity index (χ3v) is 3.18. The molecule has 7 heteroatoms. The number of fused-ring (bicyclic) bond motifs is 1. The summed E-state index contributed by atoms with van der Waals surface area (Å²) in [7, 11) is 0. The zero-order valence-electron chi connectivity index (χ0n) is 10.4. The van der Waals surface area contributed by atoms with Gasteiger partial charge < -0.3 is 4.57 Å². The van der Waals surface area contributed by atoms with Gasteiger partial charge in [-0.1, -0.05) is 6.07 Å². The normalized spacial score (nSPS) is 11.8. The largest absolute Gasteiger partial charge is 0.389 e. The van der Waals surface area contributed by atoms with Crippen LogP contribution in [0.5, 0.6) is 0 Å². The van der Waals surface area contributed by atoms with Crippen molar-refractivity contribution < 1.29 is 13.2 Å². The first-order chi connectivity index (χ1) is 9.46. The molecule has 3 nitrogen and oxygen atoms in total. The Hall–Kier alpha value is -1.74. The van der Waals surface area contributed by atoms with E-state index < -0.39 is 12.6 Å². The Balaban J connectivity index is 2.34. The predicted octanol–water partition coefficient (Wildman–Crippen LogP) is 3.99. The number of para-hydroxylation sites is 1. The molecule has 20 heavy (non-hydrogen) atoms. The molecule has 1 aromatic heterocycles. The van der Waals surface area contributed by atoms with Crippen LogP contribution < -0.4 is 0 Å². The van der Waals surface area contributed by atoms with Crippen molar-refractivity contribution in [2.45, 2.75) is 31.4 Å². The molecule has 0 radical (unpaired) electrons. The number of hydrogen-bond donors (Lipinski definition) is 0. The number of halogens is 4. The van der Waals surface area contributed by atoms with E-state index in [4.69, 9.17) is 16.9 Å². The van der Waals surface area contributed by atoms with Crippen molar-refractivity contribution in [2.75, 3.05) is 0 Å². The molecule has 2 rings (SSSR count). The minimum Gasteiger partial charge on any atom is -0.327 e. The van der Waals surface area contributed by atoms with Crippen LogP contribution in [0, 0.1) is 11.3 Å². The Bertz CT molecular complexity index is 655. The van der Waals surface area contributed by atoms with Gasteiger partial charge >= 0.3 is 6.18 Å². The molecule has 0 unspecified atom stereocenters. The molecular weight excluding hydrogens is 291 g/mol. The molecule has 0 aliphatic carbocycles. The first-order valence-corrected chi connectivity index (χ1v) is 6.50. The highest BCUT2D eigenvalue weighted by Crippen LogP contribution is 2.25. The lowest BCUT2D eigenvalue weighted by Crippen LogP contribution is -2.10. The van der Waals surface area contributed by atoms with E-state index in [1.807, 2.05) is 6.07 Å². The molecule has 0 N–H and O–H groups in total. The minimum atomic E-state index is -4.17. The van der Waals surface area contributed by atoms with Gasteiger partial charge in [0.15, 0.2) is 0 Å². The second-order valence-corrected chi connectivity index (χ2v) is 4.58. The summed E-state index contributed by atoms with van der Waals surface area (Å²) in [4.78, 5) is 4.24. The molecule has 0 bridgehead atoms. The van der Waals surface area contributed by atoms with Gasteiger partial charge in [-0.3, -0.25) is 0 Å². The summed E-state index contributed by atoms with van der Waals surface area (Å²) in [5, 5.41) is 9.01. The van der Waals surface area contributed by atoms with E-state index in [-0.39, 0.29) is 18.8 Å². The van der Waals surface area contributed by atoms with Crippen LogP contribution in [-0.2, 0) is 12.4 Å². The quantitative estimate of drug-likeness (QED) is 0.801. The van der Waals surface area contributed by atoms with Crippen LogP contribution in [0.25, 0.3) is 11.0 Å². The number of rotatable bonds is 4. The fraction of sp³-hybridized carbons (Fsp3) is 0.385. The van der Waals surface area contributed by atoms with Gasteiger partial charge in [-0.15, -0.1) is 11.6 Å². The van der Waals surface area contributed by atoms with Crippen molar-refractivity contribution in [2.24, 2.45) is 0 Å². The maximum atomic E-state index is 12.2. The smallest absolute Gasteiger partial charge is 0.327 e. The lowest BCUT2D eigenvalue weighted by molar-refractivity contribution is -0.135. The van der Waals surface area contributed by atoms with Crippen LogP contribution >= 0.6 is 11.6 Å². The number of alkyl halides is 4. The number of hydrogen-bond acceptors (Lipinski definition) is 2. The Morgan fingerprint density at radius 3 is 2.70 bits per heavy atom. The lowest BCUT2D eigenvalue weighted by atomic mass is 10.2. The summed E-state index contributed by atoms with van der Waals surface area (Å²) in [5.74, 6) is 0.567. The first-order valence-electron chi connectivity index (χ1n) is 5.97. The van der Waals surface area contributed by atoms with Gasteiger partial charge in [0.05, 0.1) is 17.0 Å². The van der Waals surface area contributed by atoms with E-state index in [1.54, 1.807) is 22.8 Å². The molecule has 1 aromatic carbocycles. The fourth-order valence-electron chi connectivity index (χ4n) is 2.07. The summed E-state index contributed by atoms with van der Waals surface area (Å²) in [6.07, 6.45) is -5.07. The Morgan fingerprint density at radius 1 is 1.35 bits per heavy atom. The van der Waals surface area contributed by atoms with Gasteiger partial charge in [0.1, 0.15) is 17.4 Å². The fourth-order valence-corrected chi connectivity index (χ4v) is 2.28. The van der Waals surface area contributed by atoms with E-state index in [0.717, 1.165) is 0 Å². The molecule has 0 atom stereocenters. The van der Waals surface area contributed by atoms with Crippen molar-refractivity contribution in [3.05, 3.63) is 29.6 Å². The number of benzene rings is 1. The Morgan fingerprint density at radius 2 is 2.10 bits per heavy atom. The monoisotopic (exact) mass is 301 g/mol. The van der Waals surface area contributed by atoms with Gasteiger partial charge in [0.25, 0.3) is 0 Å². The van der Waals surface area contributed by atoms with E-state index in [0.29, 0.717) is 22.4 Å². The highest BCUT2D eigenvalue weighted by molar-refractivity contribution is 6.16. The molecule has 0 aliphatic rings. The van der Waals surface area contributed by atoms with Crippen LogP contribution in [0.4, 0.5) is 13.2 Å². The lowest BCUT2D eigenvalue weighted by Gasteiger charge is -2.09. The summed E-state index contributed by atoms with van der Waals surface area (Å²) in [6.45, 7) is 0.174. The summed E-state index contributed by atoms with van der Waals surface area (Å²) >= 11 is 5.78. The average Bonchev–Trinajstić information content (AvgIpc) is 2.75. The number of nitrogens with zero attached hydrogens (tertiary/aromatic N) is 3. The van der Waals surface area contributed by atoms with Gasteiger partial charge in [0.2, 0.25) is 0 Å². The van der Waals surface area contributed by atoms with Crippen molar-refractivity contribution in [1.29, 1.82) is 5.26 Å². The second-order valence-electron chi connectivity index (χ2n) is 4.32. The zero-order valence-corrected chi connectivity index (χ0v) is 11.2. The summed E-state index contributed by atoms with van der Waals surface area (Å²) in [5.41, 5.74) is 1.52. The van der Waals surface area contributed by atoms with Crippen LogP contribution in [0.1, 0.15) is 24.2 Å². The van der Waals surface area contributed by atoms with Gasteiger partial charge in [-0.05, 0) is 18.6 Å². The van der Waals surface area contributed by atoms with Gasteiger partial charge in [-0.25, -0.2) is 4.98 Å². The molecule has 0 aliphatic heterocycles. The topological polar surface area (TPSA) is 41.6 Å². The van der Waals surface area contributed by atoms with Crippen LogP contribution in [0.15, 0.2) is 18.2 Å². The minimum absolute atomic E-state index is 0.0460. The number of imidazole rings is 1. The highest BCUT2D eigenvalue weighted by Gasteiger charge is 2.26.